The number of nitrogens with zero attached hydrogens (tertiary/aromatic N) is 1. The summed E-state index contributed by atoms with van der Waals surface area (Å²) in [7, 11) is 0. The Balaban J connectivity index is 2.02. The molecule has 6 nitrogen and oxygen atoms in total. The second kappa shape index (κ2) is 8.29. The highest BCUT2D eigenvalue weighted by Gasteiger charge is 2.38. The van der Waals surface area contributed by atoms with Crippen LogP contribution in [0.25, 0.3) is 0 Å². The molecule has 0 unspecified atom stereocenters. The van der Waals surface area contributed by atoms with Crippen molar-refractivity contribution < 1.29 is 14.4 Å². The van der Waals surface area contributed by atoms with Crippen molar-refractivity contribution in [3.05, 3.63) is 27.2 Å². The Morgan fingerprint density at radius 2 is 1.92 bits per heavy atom. The van der Waals surface area contributed by atoms with Gasteiger partial charge in [0.1, 0.15) is 12.6 Å². The number of hydrogen-bond acceptors (Lipinski definition) is 4. The van der Waals surface area contributed by atoms with Crippen molar-refractivity contribution in [2.24, 2.45) is 0 Å². The minimum Gasteiger partial charge on any atom is -0.326 e. The van der Waals surface area contributed by atoms with E-state index in [1.165, 1.54) is 12.1 Å². The van der Waals surface area contributed by atoms with Crippen LogP contribution in [0.15, 0.2) is 12.1 Å². The minimum atomic E-state index is -0.597. The van der Waals surface area contributed by atoms with Crippen molar-refractivity contribution >= 4 is 70.1 Å². The van der Waals surface area contributed by atoms with Crippen LogP contribution in [0.4, 0.5) is 10.5 Å². The van der Waals surface area contributed by atoms with Crippen LogP contribution in [0.5, 0.6) is 0 Å². The third-order valence-corrected chi connectivity index (χ3v) is 4.75. The van der Waals surface area contributed by atoms with Crippen LogP contribution in [0.1, 0.15) is 6.42 Å². The summed E-state index contributed by atoms with van der Waals surface area (Å²) in [4.78, 5) is 37.0. The first-order valence-electron chi connectivity index (χ1n) is 6.88. The molecule has 1 aliphatic rings. The van der Waals surface area contributed by atoms with Gasteiger partial charge in [0.2, 0.25) is 5.91 Å². The standard InChI is InChI=1S/C14H14Cl3N3O3S/c1-24-3-2-10-13(22)20(14(23)18-10)6-11(21)19-12-8(16)4-7(15)5-9(12)17/h4-5,10H,2-3,6H2,1H3,(H,18,23)(H,19,21)/t10-/m0/s1. The van der Waals surface area contributed by atoms with Gasteiger partial charge in [-0.3, -0.25) is 14.5 Å². The number of urea groups is 1. The van der Waals surface area contributed by atoms with E-state index in [0.29, 0.717) is 11.4 Å². The maximum absolute atomic E-state index is 12.2. The fourth-order valence-electron chi connectivity index (χ4n) is 2.14. The topological polar surface area (TPSA) is 78.5 Å². The maximum atomic E-state index is 12.2. The van der Waals surface area contributed by atoms with E-state index in [-0.39, 0.29) is 15.7 Å². The van der Waals surface area contributed by atoms with Gasteiger partial charge in [-0.25, -0.2) is 4.79 Å². The van der Waals surface area contributed by atoms with Gasteiger partial charge in [0.05, 0.1) is 15.7 Å². The van der Waals surface area contributed by atoms with E-state index >= 15 is 0 Å². The van der Waals surface area contributed by atoms with Crippen LogP contribution in [0.2, 0.25) is 15.1 Å². The quantitative estimate of drug-likeness (QED) is 0.706. The number of nitrogens with one attached hydrogen (secondary N) is 2. The lowest BCUT2D eigenvalue weighted by Gasteiger charge is -2.14. The van der Waals surface area contributed by atoms with Gasteiger partial charge < -0.3 is 10.6 Å². The van der Waals surface area contributed by atoms with Crippen LogP contribution < -0.4 is 10.6 Å². The molecule has 130 valence electrons. The molecule has 0 radical (unpaired) electrons. The van der Waals surface area contributed by atoms with Crippen LogP contribution in [-0.2, 0) is 9.59 Å². The first kappa shape index (κ1) is 19.2. The summed E-state index contributed by atoms with van der Waals surface area (Å²) in [5, 5.41) is 5.71. The van der Waals surface area contributed by atoms with Gasteiger partial charge in [-0.2, -0.15) is 11.8 Å². The molecule has 0 bridgehead atoms. The molecule has 2 rings (SSSR count). The lowest BCUT2D eigenvalue weighted by atomic mass is 10.2. The maximum Gasteiger partial charge on any atom is 0.325 e. The van der Waals surface area contributed by atoms with Crippen molar-refractivity contribution in [1.29, 1.82) is 0 Å². The van der Waals surface area contributed by atoms with Crippen LogP contribution in [0, 0.1) is 0 Å². The number of rotatable bonds is 6. The molecule has 1 atom stereocenters. The highest BCUT2D eigenvalue weighted by molar-refractivity contribution is 7.98. The molecule has 1 aromatic carbocycles. The van der Waals surface area contributed by atoms with Crippen LogP contribution in [0.3, 0.4) is 0 Å². The van der Waals surface area contributed by atoms with Crippen LogP contribution >= 0.6 is 46.6 Å². The van der Waals surface area contributed by atoms with Gasteiger partial charge in [-0.1, -0.05) is 34.8 Å². The SMILES string of the molecule is CSCC[C@@H]1NC(=O)N(CC(=O)Nc2c(Cl)cc(Cl)cc2Cl)C1=O. The number of amides is 4. The van der Waals surface area contributed by atoms with E-state index in [1.54, 1.807) is 11.8 Å². The highest BCUT2D eigenvalue weighted by atomic mass is 35.5. The van der Waals surface area contributed by atoms with Crippen molar-refractivity contribution in [3.8, 4) is 0 Å². The second-order valence-corrected chi connectivity index (χ2v) is 7.24. The fourth-order valence-corrected chi connectivity index (χ4v) is 3.53. The molecule has 0 spiro atoms. The lowest BCUT2D eigenvalue weighted by molar-refractivity contribution is -0.130. The Morgan fingerprint density at radius 3 is 2.50 bits per heavy atom. The van der Waals surface area contributed by atoms with Crippen molar-refractivity contribution in [2.45, 2.75) is 12.5 Å². The Morgan fingerprint density at radius 1 is 1.29 bits per heavy atom. The number of benzene rings is 1. The minimum absolute atomic E-state index is 0.163. The first-order valence-corrected chi connectivity index (χ1v) is 9.41. The molecule has 1 fully saturated rings. The van der Waals surface area contributed by atoms with Gasteiger partial charge in [0.25, 0.3) is 5.91 Å². The van der Waals surface area contributed by atoms with E-state index in [9.17, 15) is 14.4 Å². The fraction of sp³-hybridized carbons (Fsp3) is 0.357. The summed E-state index contributed by atoms with van der Waals surface area (Å²) >= 11 is 19.3. The number of carbonyl (C=O) groups excluding carboxylic acids is 3. The molecule has 1 saturated heterocycles. The van der Waals surface area contributed by atoms with E-state index in [2.05, 4.69) is 10.6 Å². The highest BCUT2D eigenvalue weighted by Crippen LogP contribution is 2.33. The molecule has 0 aliphatic carbocycles. The third-order valence-electron chi connectivity index (χ3n) is 3.29. The number of hydrogen-bond donors (Lipinski definition) is 2. The molecule has 10 heteroatoms. The van der Waals surface area contributed by atoms with Crippen molar-refractivity contribution in [1.82, 2.24) is 10.2 Å². The monoisotopic (exact) mass is 409 g/mol. The Labute approximate surface area is 158 Å². The molecule has 1 aromatic rings. The van der Waals surface area contributed by atoms with Crippen LogP contribution in [-0.4, -0.2) is 47.3 Å². The first-order chi connectivity index (χ1) is 11.3. The van der Waals surface area contributed by atoms with E-state index in [0.717, 1.165) is 10.7 Å². The van der Waals surface area contributed by atoms with Gasteiger partial charge in [0.15, 0.2) is 0 Å². The van der Waals surface area contributed by atoms with Gasteiger partial charge >= 0.3 is 6.03 Å². The van der Waals surface area contributed by atoms with Crippen molar-refractivity contribution in [3.63, 3.8) is 0 Å². The number of carbonyl (C=O) groups is 3. The Kier molecular flexibility index (Phi) is 6.62. The Hall–Kier alpha value is -1.15. The number of imide groups is 1. The molecule has 0 saturated carbocycles. The predicted molar refractivity (Wildman–Crippen MR) is 97.1 cm³/mol. The predicted octanol–water partition coefficient (Wildman–Crippen LogP) is 3.26. The zero-order valence-corrected chi connectivity index (χ0v) is 15.7. The Bertz CT molecular complexity index is 663. The number of anilines is 1. The average Bonchev–Trinajstić information content (AvgIpc) is 2.76. The number of thioether (sulfide) groups is 1. The zero-order chi connectivity index (χ0) is 17.9. The average molecular weight is 411 g/mol. The molecule has 1 heterocycles. The third kappa shape index (κ3) is 4.47. The molecule has 2 N–H and O–H groups in total. The summed E-state index contributed by atoms with van der Waals surface area (Å²) in [5.41, 5.74) is 0.179. The van der Waals surface area contributed by atoms with E-state index in [4.69, 9.17) is 34.8 Å². The second-order valence-electron chi connectivity index (χ2n) is 5.00. The summed E-state index contributed by atoms with van der Waals surface area (Å²) in [6.07, 6.45) is 2.42. The molecular formula is C14H14Cl3N3O3S. The van der Waals surface area contributed by atoms with Gasteiger partial charge in [0, 0.05) is 5.02 Å². The summed E-state index contributed by atoms with van der Waals surface area (Å²) < 4.78 is 0. The normalized spacial score (nSPS) is 17.2. The summed E-state index contributed by atoms with van der Waals surface area (Å²) in [6.45, 7) is -0.421. The van der Waals surface area contributed by atoms with Gasteiger partial charge in [-0.05, 0) is 30.6 Å². The molecule has 24 heavy (non-hydrogen) atoms. The molecule has 4 amide bonds. The van der Waals surface area contributed by atoms with E-state index < -0.39 is 30.4 Å². The molecule has 0 aromatic heterocycles. The van der Waals surface area contributed by atoms with Crippen molar-refractivity contribution in [2.75, 3.05) is 23.9 Å². The smallest absolute Gasteiger partial charge is 0.325 e. The number of halogens is 3. The summed E-state index contributed by atoms with van der Waals surface area (Å²) in [5.74, 6) is -0.278. The molecular weight excluding hydrogens is 397 g/mol. The lowest BCUT2D eigenvalue weighted by Crippen LogP contribution is -2.38. The largest absolute Gasteiger partial charge is 0.326 e. The van der Waals surface area contributed by atoms with E-state index in [1.807, 2.05) is 6.26 Å². The summed E-state index contributed by atoms with van der Waals surface area (Å²) in [6, 6.07) is 1.67. The molecule has 1 aliphatic heterocycles. The zero-order valence-electron chi connectivity index (χ0n) is 12.6. The van der Waals surface area contributed by atoms with Gasteiger partial charge in [-0.15, -0.1) is 0 Å².